The molecule has 98 valence electrons. The van der Waals surface area contributed by atoms with Crippen molar-refractivity contribution in [2.24, 2.45) is 7.05 Å². The highest BCUT2D eigenvalue weighted by atomic mass is 16.2. The first kappa shape index (κ1) is 11.8. The molecule has 0 unspecified atom stereocenters. The Labute approximate surface area is 110 Å². The first-order chi connectivity index (χ1) is 9.25. The SMILES string of the molecule is Cn1nc2c(c1NC(=O)c1cnccn1)CNCC2. The van der Waals surface area contributed by atoms with Crippen LogP contribution in [0, 0.1) is 0 Å². The number of hydrogen-bond acceptors (Lipinski definition) is 5. The van der Waals surface area contributed by atoms with Crippen molar-refractivity contribution in [3.63, 3.8) is 0 Å². The second-order valence-corrected chi connectivity index (χ2v) is 4.37. The zero-order valence-corrected chi connectivity index (χ0v) is 10.6. The van der Waals surface area contributed by atoms with E-state index in [1.54, 1.807) is 4.68 Å². The van der Waals surface area contributed by atoms with E-state index in [0.29, 0.717) is 5.69 Å². The standard InChI is InChI=1S/C12H14N6O/c1-18-11(8-6-13-3-2-9(8)17-18)16-12(19)10-7-14-4-5-15-10/h4-5,7,13H,2-3,6H2,1H3,(H,16,19). The maximum Gasteiger partial charge on any atom is 0.277 e. The molecule has 7 nitrogen and oxygen atoms in total. The molecular weight excluding hydrogens is 244 g/mol. The van der Waals surface area contributed by atoms with Gasteiger partial charge in [0, 0.05) is 44.5 Å². The van der Waals surface area contributed by atoms with Crippen molar-refractivity contribution in [3.8, 4) is 0 Å². The number of nitrogens with zero attached hydrogens (tertiary/aromatic N) is 4. The smallest absolute Gasteiger partial charge is 0.277 e. The summed E-state index contributed by atoms with van der Waals surface area (Å²) in [6.07, 6.45) is 5.35. The second-order valence-electron chi connectivity index (χ2n) is 4.37. The van der Waals surface area contributed by atoms with E-state index in [4.69, 9.17) is 0 Å². The molecule has 3 heterocycles. The van der Waals surface area contributed by atoms with Gasteiger partial charge >= 0.3 is 0 Å². The zero-order chi connectivity index (χ0) is 13.2. The number of rotatable bonds is 2. The number of amides is 1. The summed E-state index contributed by atoms with van der Waals surface area (Å²) in [5, 5.41) is 10.6. The normalized spacial score (nSPS) is 13.9. The van der Waals surface area contributed by atoms with E-state index in [1.807, 2.05) is 7.05 Å². The Hall–Kier alpha value is -2.28. The molecule has 0 fully saturated rings. The summed E-state index contributed by atoms with van der Waals surface area (Å²) in [6, 6.07) is 0. The third-order valence-corrected chi connectivity index (χ3v) is 3.10. The topological polar surface area (TPSA) is 84.7 Å². The fourth-order valence-corrected chi connectivity index (χ4v) is 2.17. The van der Waals surface area contributed by atoms with Crippen LogP contribution < -0.4 is 10.6 Å². The third kappa shape index (κ3) is 2.19. The first-order valence-electron chi connectivity index (χ1n) is 6.08. The van der Waals surface area contributed by atoms with Crippen molar-refractivity contribution in [1.29, 1.82) is 0 Å². The molecule has 1 aliphatic heterocycles. The van der Waals surface area contributed by atoms with Crippen LogP contribution >= 0.6 is 0 Å². The van der Waals surface area contributed by atoms with Crippen LogP contribution in [0.3, 0.4) is 0 Å². The van der Waals surface area contributed by atoms with Crippen LogP contribution in [-0.4, -0.2) is 32.2 Å². The van der Waals surface area contributed by atoms with Gasteiger partial charge in [-0.2, -0.15) is 5.10 Å². The molecule has 7 heteroatoms. The number of carbonyl (C=O) groups excluding carboxylic acids is 1. The van der Waals surface area contributed by atoms with Crippen LogP contribution in [0.2, 0.25) is 0 Å². The number of nitrogens with one attached hydrogen (secondary N) is 2. The van der Waals surface area contributed by atoms with Gasteiger partial charge in [0.05, 0.1) is 11.9 Å². The molecule has 0 bridgehead atoms. The van der Waals surface area contributed by atoms with E-state index in [2.05, 4.69) is 25.7 Å². The number of aryl methyl sites for hydroxylation is 1. The quantitative estimate of drug-likeness (QED) is 0.798. The minimum Gasteiger partial charge on any atom is -0.312 e. The molecule has 0 aliphatic carbocycles. The van der Waals surface area contributed by atoms with Crippen molar-refractivity contribution in [2.45, 2.75) is 13.0 Å². The molecule has 19 heavy (non-hydrogen) atoms. The summed E-state index contributed by atoms with van der Waals surface area (Å²) in [5.74, 6) is 0.447. The van der Waals surface area contributed by atoms with Gasteiger partial charge in [0.2, 0.25) is 0 Å². The summed E-state index contributed by atoms with van der Waals surface area (Å²) in [6.45, 7) is 1.64. The molecule has 0 spiro atoms. The molecule has 2 aromatic heterocycles. The first-order valence-corrected chi connectivity index (χ1v) is 6.08. The molecule has 1 aliphatic rings. The number of carbonyl (C=O) groups is 1. The molecule has 0 radical (unpaired) electrons. The summed E-state index contributed by atoms with van der Waals surface area (Å²) in [7, 11) is 1.82. The molecule has 3 rings (SSSR count). The summed E-state index contributed by atoms with van der Waals surface area (Å²) < 4.78 is 1.70. The van der Waals surface area contributed by atoms with E-state index in [1.165, 1.54) is 18.6 Å². The fraction of sp³-hybridized carbons (Fsp3) is 0.333. The van der Waals surface area contributed by atoms with E-state index in [9.17, 15) is 4.79 Å². The van der Waals surface area contributed by atoms with Gasteiger partial charge < -0.3 is 10.6 Å². The Kier molecular flexibility index (Phi) is 2.96. The third-order valence-electron chi connectivity index (χ3n) is 3.10. The van der Waals surface area contributed by atoms with Crippen molar-refractivity contribution in [2.75, 3.05) is 11.9 Å². The maximum absolute atomic E-state index is 12.1. The van der Waals surface area contributed by atoms with Gasteiger partial charge in [-0.25, -0.2) is 4.98 Å². The molecular formula is C12H14N6O. The summed E-state index contributed by atoms with van der Waals surface area (Å²) >= 11 is 0. The van der Waals surface area contributed by atoms with Gasteiger partial charge in [0.1, 0.15) is 11.5 Å². The van der Waals surface area contributed by atoms with Gasteiger partial charge in [-0.05, 0) is 0 Å². The Balaban J connectivity index is 1.88. The number of fused-ring (bicyclic) bond motifs is 1. The predicted molar refractivity (Wildman–Crippen MR) is 68.6 cm³/mol. The number of anilines is 1. The van der Waals surface area contributed by atoms with Gasteiger partial charge in [-0.3, -0.25) is 14.5 Å². The van der Waals surface area contributed by atoms with Crippen LogP contribution in [0.25, 0.3) is 0 Å². The van der Waals surface area contributed by atoms with Crippen LogP contribution in [0.5, 0.6) is 0 Å². The fourth-order valence-electron chi connectivity index (χ4n) is 2.17. The predicted octanol–water partition coefficient (Wildman–Crippen LogP) is 0.108. The van der Waals surface area contributed by atoms with Crippen molar-refractivity contribution < 1.29 is 4.79 Å². The van der Waals surface area contributed by atoms with E-state index < -0.39 is 0 Å². The highest BCUT2D eigenvalue weighted by Crippen LogP contribution is 2.22. The van der Waals surface area contributed by atoms with Crippen LogP contribution in [0.1, 0.15) is 21.7 Å². The lowest BCUT2D eigenvalue weighted by molar-refractivity contribution is 0.102. The minimum absolute atomic E-state index is 0.274. The Bertz CT molecular complexity index is 606. The van der Waals surface area contributed by atoms with Gasteiger partial charge in [-0.1, -0.05) is 0 Å². The van der Waals surface area contributed by atoms with Crippen LogP contribution in [0.4, 0.5) is 5.82 Å². The second kappa shape index (κ2) is 4.77. The molecule has 0 saturated heterocycles. The van der Waals surface area contributed by atoms with Crippen molar-refractivity contribution in [3.05, 3.63) is 35.5 Å². The Morgan fingerprint density at radius 2 is 2.37 bits per heavy atom. The van der Waals surface area contributed by atoms with Crippen LogP contribution in [0.15, 0.2) is 18.6 Å². The summed E-state index contributed by atoms with van der Waals surface area (Å²) in [4.78, 5) is 19.9. The summed E-state index contributed by atoms with van der Waals surface area (Å²) in [5.41, 5.74) is 2.38. The van der Waals surface area contributed by atoms with Gasteiger partial charge in [-0.15, -0.1) is 0 Å². The molecule has 0 atom stereocenters. The lowest BCUT2D eigenvalue weighted by atomic mass is 10.1. The molecule has 0 aromatic carbocycles. The lowest BCUT2D eigenvalue weighted by Crippen LogP contribution is -2.24. The van der Waals surface area contributed by atoms with E-state index in [-0.39, 0.29) is 5.91 Å². The monoisotopic (exact) mass is 258 g/mol. The highest BCUT2D eigenvalue weighted by molar-refractivity contribution is 6.02. The van der Waals surface area contributed by atoms with Crippen molar-refractivity contribution >= 4 is 11.7 Å². The van der Waals surface area contributed by atoms with Crippen LogP contribution in [-0.2, 0) is 20.0 Å². The Morgan fingerprint density at radius 1 is 1.47 bits per heavy atom. The number of aromatic nitrogens is 4. The van der Waals surface area contributed by atoms with Gasteiger partial charge in [0.25, 0.3) is 5.91 Å². The van der Waals surface area contributed by atoms with Crippen molar-refractivity contribution in [1.82, 2.24) is 25.1 Å². The average molecular weight is 258 g/mol. The molecule has 1 amide bonds. The Morgan fingerprint density at radius 3 is 3.16 bits per heavy atom. The largest absolute Gasteiger partial charge is 0.312 e. The zero-order valence-electron chi connectivity index (χ0n) is 10.6. The molecule has 2 N–H and O–H groups in total. The minimum atomic E-state index is -0.274. The molecule has 0 saturated carbocycles. The highest BCUT2D eigenvalue weighted by Gasteiger charge is 2.21. The molecule has 2 aromatic rings. The number of hydrogen-bond donors (Lipinski definition) is 2. The maximum atomic E-state index is 12.1. The van der Waals surface area contributed by atoms with E-state index >= 15 is 0 Å². The average Bonchev–Trinajstić information content (AvgIpc) is 2.76. The lowest BCUT2D eigenvalue weighted by Gasteiger charge is -2.13. The van der Waals surface area contributed by atoms with Gasteiger partial charge in [0.15, 0.2) is 0 Å². The van der Waals surface area contributed by atoms with E-state index in [0.717, 1.165) is 36.6 Å².